The number of hydrogen-bond acceptors (Lipinski definition) is 2. The van der Waals surface area contributed by atoms with Gasteiger partial charge in [-0.15, -0.1) is 0 Å². The second-order valence-corrected chi connectivity index (χ2v) is 4.57. The summed E-state index contributed by atoms with van der Waals surface area (Å²) in [6.07, 6.45) is 5.07. The van der Waals surface area contributed by atoms with Crippen LogP contribution in [0.4, 0.5) is 0 Å². The molecule has 0 rings (SSSR count). The number of rotatable bonds is 10. The molecule has 0 aliphatic carbocycles. The van der Waals surface area contributed by atoms with Crippen LogP contribution in [0.2, 0.25) is 0 Å². The fraction of sp³-hybridized carbons (Fsp3) is 0.857. The summed E-state index contributed by atoms with van der Waals surface area (Å²) in [6.45, 7) is 13.6. The van der Waals surface area contributed by atoms with E-state index in [2.05, 4.69) is 32.3 Å². The first-order valence-corrected chi connectivity index (χ1v) is 6.71. The van der Waals surface area contributed by atoms with Crippen LogP contribution >= 0.6 is 0 Å². The zero-order chi connectivity index (χ0) is 12.4. The standard InChI is InChI=1S/C14H29NO/c1-5-8-9-10-14(16)11-13(4)12-15(6-2)7-3/h14,16H,4-12H2,1-3H3. The number of aliphatic hydroxyl groups is 1. The van der Waals surface area contributed by atoms with Gasteiger partial charge in [0.2, 0.25) is 0 Å². The summed E-state index contributed by atoms with van der Waals surface area (Å²) in [5.74, 6) is 0. The van der Waals surface area contributed by atoms with Crippen LogP contribution in [0.15, 0.2) is 12.2 Å². The summed E-state index contributed by atoms with van der Waals surface area (Å²) in [4.78, 5) is 2.33. The third-order valence-electron chi connectivity index (χ3n) is 3.01. The molecule has 0 heterocycles. The number of nitrogens with zero attached hydrogens (tertiary/aromatic N) is 1. The van der Waals surface area contributed by atoms with Gasteiger partial charge >= 0.3 is 0 Å². The Morgan fingerprint density at radius 3 is 2.31 bits per heavy atom. The van der Waals surface area contributed by atoms with E-state index in [0.717, 1.165) is 44.5 Å². The predicted octanol–water partition coefficient (Wildman–Crippen LogP) is 3.22. The van der Waals surface area contributed by atoms with Crippen molar-refractivity contribution in [3.63, 3.8) is 0 Å². The number of likely N-dealkylation sites (N-methyl/N-ethyl adjacent to an activating group) is 1. The van der Waals surface area contributed by atoms with Gasteiger partial charge < -0.3 is 5.11 Å². The molecule has 16 heavy (non-hydrogen) atoms. The third kappa shape index (κ3) is 7.89. The molecule has 0 saturated carbocycles. The summed E-state index contributed by atoms with van der Waals surface area (Å²) in [5, 5.41) is 9.83. The van der Waals surface area contributed by atoms with Crippen molar-refractivity contribution in [2.45, 2.75) is 59.0 Å². The van der Waals surface area contributed by atoms with Gasteiger partial charge in [-0.3, -0.25) is 4.90 Å². The molecular weight excluding hydrogens is 198 g/mol. The molecule has 0 aliphatic rings. The first-order chi connectivity index (χ1) is 7.63. The number of unbranched alkanes of at least 4 members (excludes halogenated alkanes) is 2. The Morgan fingerprint density at radius 2 is 1.81 bits per heavy atom. The molecule has 0 aliphatic heterocycles. The van der Waals surface area contributed by atoms with Crippen LogP contribution in [-0.2, 0) is 0 Å². The fourth-order valence-corrected chi connectivity index (χ4v) is 1.89. The molecule has 96 valence electrons. The van der Waals surface area contributed by atoms with E-state index in [1.807, 2.05) is 0 Å². The minimum absolute atomic E-state index is 0.186. The van der Waals surface area contributed by atoms with Crippen molar-refractivity contribution < 1.29 is 5.11 Å². The van der Waals surface area contributed by atoms with Crippen molar-refractivity contribution in [1.82, 2.24) is 4.90 Å². The van der Waals surface area contributed by atoms with E-state index >= 15 is 0 Å². The van der Waals surface area contributed by atoms with E-state index in [-0.39, 0.29) is 6.10 Å². The zero-order valence-corrected chi connectivity index (χ0v) is 11.3. The lowest BCUT2D eigenvalue weighted by Crippen LogP contribution is -2.26. The summed E-state index contributed by atoms with van der Waals surface area (Å²) in [7, 11) is 0. The van der Waals surface area contributed by atoms with E-state index in [1.165, 1.54) is 12.8 Å². The fourth-order valence-electron chi connectivity index (χ4n) is 1.89. The number of aliphatic hydroxyl groups excluding tert-OH is 1. The van der Waals surface area contributed by atoms with Gasteiger partial charge in [0.25, 0.3) is 0 Å². The highest BCUT2D eigenvalue weighted by atomic mass is 16.3. The highest BCUT2D eigenvalue weighted by Crippen LogP contribution is 2.11. The minimum Gasteiger partial charge on any atom is -0.393 e. The molecule has 0 aromatic carbocycles. The summed E-state index contributed by atoms with van der Waals surface area (Å²) in [6, 6.07) is 0. The molecule has 0 saturated heterocycles. The third-order valence-corrected chi connectivity index (χ3v) is 3.01. The molecular formula is C14H29NO. The average Bonchev–Trinajstić information content (AvgIpc) is 2.26. The highest BCUT2D eigenvalue weighted by Gasteiger charge is 2.08. The van der Waals surface area contributed by atoms with Gasteiger partial charge in [0.1, 0.15) is 0 Å². The number of hydrogen-bond donors (Lipinski definition) is 1. The lowest BCUT2D eigenvalue weighted by molar-refractivity contribution is 0.158. The predicted molar refractivity (Wildman–Crippen MR) is 71.7 cm³/mol. The van der Waals surface area contributed by atoms with Gasteiger partial charge in [0, 0.05) is 6.54 Å². The van der Waals surface area contributed by atoms with Crippen LogP contribution in [0.1, 0.15) is 52.9 Å². The van der Waals surface area contributed by atoms with Crippen LogP contribution in [0.5, 0.6) is 0 Å². The van der Waals surface area contributed by atoms with Crippen LogP contribution in [0.25, 0.3) is 0 Å². The van der Waals surface area contributed by atoms with E-state index in [9.17, 15) is 5.11 Å². The molecule has 0 bridgehead atoms. The molecule has 0 aromatic rings. The Kier molecular flexibility index (Phi) is 9.65. The second-order valence-electron chi connectivity index (χ2n) is 4.57. The van der Waals surface area contributed by atoms with Gasteiger partial charge in [-0.05, 0) is 25.9 Å². The van der Waals surface area contributed by atoms with Crippen molar-refractivity contribution in [2.75, 3.05) is 19.6 Å². The van der Waals surface area contributed by atoms with Crippen LogP contribution in [-0.4, -0.2) is 35.7 Å². The molecule has 1 unspecified atom stereocenters. The van der Waals surface area contributed by atoms with Gasteiger partial charge in [-0.2, -0.15) is 0 Å². The van der Waals surface area contributed by atoms with Crippen LogP contribution in [0.3, 0.4) is 0 Å². The first kappa shape index (κ1) is 15.7. The van der Waals surface area contributed by atoms with E-state index in [0.29, 0.717) is 0 Å². The molecule has 1 atom stereocenters. The lowest BCUT2D eigenvalue weighted by Gasteiger charge is -2.21. The Labute approximate surface area is 101 Å². The van der Waals surface area contributed by atoms with Crippen molar-refractivity contribution in [1.29, 1.82) is 0 Å². The van der Waals surface area contributed by atoms with E-state index in [4.69, 9.17) is 0 Å². The highest BCUT2D eigenvalue weighted by molar-refractivity contribution is 4.99. The largest absolute Gasteiger partial charge is 0.393 e. The molecule has 1 N–H and O–H groups in total. The monoisotopic (exact) mass is 227 g/mol. The molecule has 0 aromatic heterocycles. The quantitative estimate of drug-likeness (QED) is 0.457. The Hall–Kier alpha value is -0.340. The molecule has 0 amide bonds. The second kappa shape index (κ2) is 9.86. The normalized spacial score (nSPS) is 13.1. The Bertz CT molecular complexity index is 176. The average molecular weight is 227 g/mol. The van der Waals surface area contributed by atoms with Crippen molar-refractivity contribution in [2.24, 2.45) is 0 Å². The lowest BCUT2D eigenvalue weighted by atomic mass is 10.0. The van der Waals surface area contributed by atoms with Crippen molar-refractivity contribution in [3.05, 3.63) is 12.2 Å². The van der Waals surface area contributed by atoms with Gasteiger partial charge in [-0.25, -0.2) is 0 Å². The zero-order valence-electron chi connectivity index (χ0n) is 11.3. The Balaban J connectivity index is 3.68. The Morgan fingerprint density at radius 1 is 1.19 bits per heavy atom. The molecule has 0 fully saturated rings. The topological polar surface area (TPSA) is 23.5 Å². The molecule has 0 radical (unpaired) electrons. The van der Waals surface area contributed by atoms with Crippen LogP contribution in [0, 0.1) is 0 Å². The van der Waals surface area contributed by atoms with Crippen LogP contribution < -0.4 is 0 Å². The van der Waals surface area contributed by atoms with E-state index < -0.39 is 0 Å². The molecule has 2 nitrogen and oxygen atoms in total. The maximum Gasteiger partial charge on any atom is 0.0577 e. The smallest absolute Gasteiger partial charge is 0.0577 e. The summed E-state index contributed by atoms with van der Waals surface area (Å²) in [5.41, 5.74) is 1.16. The molecule has 0 spiro atoms. The van der Waals surface area contributed by atoms with Gasteiger partial charge in [0.05, 0.1) is 6.10 Å². The first-order valence-electron chi connectivity index (χ1n) is 6.71. The van der Waals surface area contributed by atoms with Gasteiger partial charge in [0.15, 0.2) is 0 Å². The maximum absolute atomic E-state index is 9.83. The van der Waals surface area contributed by atoms with Crippen molar-refractivity contribution in [3.8, 4) is 0 Å². The van der Waals surface area contributed by atoms with Crippen molar-refractivity contribution >= 4 is 0 Å². The van der Waals surface area contributed by atoms with Gasteiger partial charge in [-0.1, -0.05) is 52.2 Å². The summed E-state index contributed by atoms with van der Waals surface area (Å²) < 4.78 is 0. The van der Waals surface area contributed by atoms with E-state index in [1.54, 1.807) is 0 Å². The summed E-state index contributed by atoms with van der Waals surface area (Å²) >= 11 is 0. The minimum atomic E-state index is -0.186. The molecule has 2 heteroatoms. The SMILES string of the molecule is C=C(CC(O)CCCCC)CN(CC)CC. The maximum atomic E-state index is 9.83.